The molecule has 1 unspecified atom stereocenters. The summed E-state index contributed by atoms with van der Waals surface area (Å²) in [5, 5.41) is 10.8. The van der Waals surface area contributed by atoms with Gasteiger partial charge in [0.1, 0.15) is 5.76 Å². The molecule has 1 saturated heterocycles. The second-order valence-electron chi connectivity index (χ2n) is 6.80. The zero-order valence-corrected chi connectivity index (χ0v) is 15.5. The number of aromatic nitrogens is 1. The Morgan fingerprint density at radius 2 is 1.78 bits per heavy atom. The first-order chi connectivity index (χ1) is 13.0. The Kier molecular flexibility index (Phi) is 5.66. The highest BCUT2D eigenvalue weighted by Crippen LogP contribution is 2.39. The summed E-state index contributed by atoms with van der Waals surface area (Å²) >= 11 is 0. The molecule has 1 N–H and O–H groups in total. The maximum atomic E-state index is 12.8. The van der Waals surface area contributed by atoms with Gasteiger partial charge in [-0.1, -0.05) is 30.3 Å². The fraction of sp³-hybridized carbons (Fsp3) is 0.286. The molecule has 1 fully saturated rings. The second kappa shape index (κ2) is 8.14. The molecular formula is C21H23N3O3. The lowest BCUT2D eigenvalue weighted by atomic mass is 9.96. The molecule has 0 radical (unpaired) electrons. The molecule has 140 valence electrons. The van der Waals surface area contributed by atoms with Crippen molar-refractivity contribution in [1.82, 2.24) is 14.8 Å². The largest absolute Gasteiger partial charge is 0.507 e. The van der Waals surface area contributed by atoms with Crippen molar-refractivity contribution in [1.29, 1.82) is 0 Å². The van der Waals surface area contributed by atoms with Gasteiger partial charge >= 0.3 is 0 Å². The molecule has 1 aromatic heterocycles. The van der Waals surface area contributed by atoms with Crippen molar-refractivity contribution in [2.75, 3.05) is 27.2 Å². The minimum absolute atomic E-state index is 0.127. The zero-order chi connectivity index (χ0) is 19.4. The highest BCUT2D eigenvalue weighted by Gasteiger charge is 2.45. The van der Waals surface area contributed by atoms with Crippen LogP contribution in [0.1, 0.15) is 23.6 Å². The van der Waals surface area contributed by atoms with Crippen LogP contribution in [0.3, 0.4) is 0 Å². The number of carbonyl (C=O) groups excluding carboxylic acids is 2. The molecule has 27 heavy (non-hydrogen) atoms. The Hall–Kier alpha value is -2.99. The first kappa shape index (κ1) is 18.8. The van der Waals surface area contributed by atoms with Crippen LogP contribution in [0.2, 0.25) is 0 Å². The zero-order valence-electron chi connectivity index (χ0n) is 15.5. The van der Waals surface area contributed by atoms with Gasteiger partial charge in [0.05, 0.1) is 11.6 Å². The van der Waals surface area contributed by atoms with Crippen LogP contribution in [0.4, 0.5) is 0 Å². The van der Waals surface area contributed by atoms with Crippen LogP contribution in [0.25, 0.3) is 5.76 Å². The minimum atomic E-state index is -0.650. The summed E-state index contributed by atoms with van der Waals surface area (Å²) in [6.45, 7) is 1.23. The maximum Gasteiger partial charge on any atom is 0.295 e. The van der Waals surface area contributed by atoms with Gasteiger partial charge < -0.3 is 14.9 Å². The number of rotatable bonds is 6. The van der Waals surface area contributed by atoms with Crippen LogP contribution in [-0.4, -0.2) is 58.8 Å². The van der Waals surface area contributed by atoms with Crippen LogP contribution < -0.4 is 0 Å². The average molecular weight is 365 g/mol. The lowest BCUT2D eigenvalue weighted by Crippen LogP contribution is -2.32. The Bertz CT molecular complexity index is 847. The van der Waals surface area contributed by atoms with Gasteiger partial charge in [-0.2, -0.15) is 0 Å². The number of hydrogen-bond acceptors (Lipinski definition) is 5. The van der Waals surface area contributed by atoms with E-state index in [2.05, 4.69) is 4.98 Å². The summed E-state index contributed by atoms with van der Waals surface area (Å²) in [7, 11) is 3.92. The van der Waals surface area contributed by atoms with Gasteiger partial charge in [0, 0.05) is 24.5 Å². The van der Waals surface area contributed by atoms with Crippen LogP contribution in [-0.2, 0) is 9.59 Å². The van der Waals surface area contributed by atoms with E-state index < -0.39 is 17.7 Å². The van der Waals surface area contributed by atoms with Crippen molar-refractivity contribution >= 4 is 17.4 Å². The lowest BCUT2D eigenvalue weighted by molar-refractivity contribution is -0.139. The van der Waals surface area contributed by atoms with Crippen molar-refractivity contribution in [3.63, 3.8) is 0 Å². The molecule has 2 heterocycles. The van der Waals surface area contributed by atoms with Crippen LogP contribution in [0, 0.1) is 0 Å². The molecule has 6 heteroatoms. The molecule has 1 aliphatic heterocycles. The SMILES string of the molecule is CN(C)CCCN1C(=O)C(=O)C(=C(O)c2ccccc2)C1c1ccncc1. The van der Waals surface area contributed by atoms with E-state index in [0.29, 0.717) is 12.1 Å². The predicted molar refractivity (Wildman–Crippen MR) is 103 cm³/mol. The standard InChI is InChI=1S/C21H23N3O3/c1-23(2)13-6-14-24-18(15-9-11-22-12-10-15)17(20(26)21(24)27)19(25)16-7-4-3-5-8-16/h3-5,7-12,18,25H,6,13-14H2,1-2H3. The fourth-order valence-corrected chi connectivity index (χ4v) is 3.31. The molecule has 0 spiro atoms. The van der Waals surface area contributed by atoms with E-state index in [1.165, 1.54) is 0 Å². The monoisotopic (exact) mass is 365 g/mol. The van der Waals surface area contributed by atoms with Gasteiger partial charge in [0.15, 0.2) is 0 Å². The minimum Gasteiger partial charge on any atom is -0.507 e. The number of hydrogen-bond donors (Lipinski definition) is 1. The molecule has 1 amide bonds. The number of pyridine rings is 1. The maximum absolute atomic E-state index is 12.8. The van der Waals surface area contributed by atoms with Crippen LogP contribution in [0.15, 0.2) is 60.4 Å². The number of carbonyl (C=O) groups is 2. The molecule has 6 nitrogen and oxygen atoms in total. The van der Waals surface area contributed by atoms with E-state index in [1.54, 1.807) is 53.7 Å². The third-order valence-corrected chi connectivity index (χ3v) is 4.61. The number of amides is 1. The highest BCUT2D eigenvalue weighted by atomic mass is 16.3. The van der Waals surface area contributed by atoms with Gasteiger partial charge in [0.2, 0.25) is 0 Å². The number of ketones is 1. The number of aliphatic hydroxyl groups is 1. The summed E-state index contributed by atoms with van der Waals surface area (Å²) in [6, 6.07) is 11.8. The summed E-state index contributed by atoms with van der Waals surface area (Å²) in [6.07, 6.45) is 3.97. The second-order valence-corrected chi connectivity index (χ2v) is 6.80. The van der Waals surface area contributed by atoms with E-state index in [0.717, 1.165) is 18.5 Å². The number of nitrogens with zero attached hydrogens (tertiary/aromatic N) is 3. The van der Waals surface area contributed by atoms with E-state index in [9.17, 15) is 14.7 Å². The van der Waals surface area contributed by atoms with Crippen LogP contribution in [0.5, 0.6) is 0 Å². The van der Waals surface area contributed by atoms with Crippen molar-refractivity contribution in [3.05, 3.63) is 71.6 Å². The number of aliphatic hydroxyl groups excluding tert-OH is 1. The van der Waals surface area contributed by atoms with Gasteiger partial charge in [-0.15, -0.1) is 0 Å². The topological polar surface area (TPSA) is 73.7 Å². The smallest absolute Gasteiger partial charge is 0.295 e. The highest BCUT2D eigenvalue weighted by molar-refractivity contribution is 6.46. The van der Waals surface area contributed by atoms with Crippen LogP contribution >= 0.6 is 0 Å². The normalized spacial score (nSPS) is 19.1. The van der Waals surface area contributed by atoms with E-state index >= 15 is 0 Å². The van der Waals surface area contributed by atoms with E-state index in [-0.39, 0.29) is 11.3 Å². The molecule has 1 aromatic carbocycles. The van der Waals surface area contributed by atoms with E-state index in [1.807, 2.05) is 25.1 Å². The molecule has 2 aromatic rings. The molecule has 3 rings (SSSR count). The summed E-state index contributed by atoms with van der Waals surface area (Å²) < 4.78 is 0. The summed E-state index contributed by atoms with van der Waals surface area (Å²) in [4.78, 5) is 33.1. The van der Waals surface area contributed by atoms with Crippen molar-refractivity contribution < 1.29 is 14.7 Å². The summed E-state index contributed by atoms with van der Waals surface area (Å²) in [5.41, 5.74) is 1.40. The Labute approximate surface area is 158 Å². The molecule has 1 aliphatic rings. The Morgan fingerprint density at radius 1 is 1.11 bits per heavy atom. The average Bonchev–Trinajstić information content (AvgIpc) is 2.93. The first-order valence-corrected chi connectivity index (χ1v) is 8.89. The fourth-order valence-electron chi connectivity index (χ4n) is 3.31. The first-order valence-electron chi connectivity index (χ1n) is 8.89. The van der Waals surface area contributed by atoms with Crippen molar-refractivity contribution in [3.8, 4) is 0 Å². The third kappa shape index (κ3) is 3.90. The third-order valence-electron chi connectivity index (χ3n) is 4.61. The van der Waals surface area contributed by atoms with Gasteiger partial charge in [0.25, 0.3) is 11.7 Å². The number of Topliss-reactive ketones (excluding diaryl/α,β-unsaturated/α-hetero) is 1. The molecule has 0 aliphatic carbocycles. The van der Waals surface area contributed by atoms with Crippen molar-refractivity contribution in [2.45, 2.75) is 12.5 Å². The van der Waals surface area contributed by atoms with Gasteiger partial charge in [-0.3, -0.25) is 14.6 Å². The van der Waals surface area contributed by atoms with Gasteiger partial charge in [-0.25, -0.2) is 0 Å². The number of benzene rings is 1. The predicted octanol–water partition coefficient (Wildman–Crippen LogP) is 2.46. The molecule has 0 bridgehead atoms. The van der Waals surface area contributed by atoms with E-state index in [4.69, 9.17) is 0 Å². The number of likely N-dealkylation sites (tertiary alicyclic amines) is 1. The quantitative estimate of drug-likeness (QED) is 0.484. The Morgan fingerprint density at radius 3 is 2.41 bits per heavy atom. The molecule has 0 saturated carbocycles. The van der Waals surface area contributed by atoms with Gasteiger partial charge in [-0.05, 0) is 44.8 Å². The lowest BCUT2D eigenvalue weighted by Gasteiger charge is -2.25. The molecular weight excluding hydrogens is 342 g/mol. The van der Waals surface area contributed by atoms with Crippen molar-refractivity contribution in [2.24, 2.45) is 0 Å². The Balaban J connectivity index is 2.05. The molecule has 1 atom stereocenters. The summed E-state index contributed by atoms with van der Waals surface area (Å²) in [5.74, 6) is -1.37.